The van der Waals surface area contributed by atoms with Crippen LogP contribution in [0.4, 0.5) is 0 Å². The lowest BCUT2D eigenvalue weighted by molar-refractivity contribution is -0.130. The molecular weight excluding hydrogens is 570 g/mol. The first kappa shape index (κ1) is 30.0. The number of para-hydroxylation sites is 1. The second-order valence-corrected chi connectivity index (χ2v) is 11.6. The summed E-state index contributed by atoms with van der Waals surface area (Å²) in [6.45, 7) is 5.65. The monoisotopic (exact) mass is 605 g/mol. The third-order valence-electron chi connectivity index (χ3n) is 8.70. The molecule has 45 heavy (non-hydrogen) atoms. The molecule has 1 N–H and O–H groups in total. The zero-order valence-corrected chi connectivity index (χ0v) is 25.1. The Morgan fingerprint density at radius 1 is 0.689 bits per heavy atom. The number of carbonyl (C=O) groups is 5. The molecule has 2 aliphatic heterocycles. The molecule has 0 spiro atoms. The Hall–Kier alpha value is -5.09. The largest absolute Gasteiger partial charge is 0.360 e. The summed E-state index contributed by atoms with van der Waals surface area (Å²) in [5.41, 5.74) is 2.43. The molecule has 0 radical (unpaired) electrons. The summed E-state index contributed by atoms with van der Waals surface area (Å²) in [5, 5.41) is 0.408. The maximum absolute atomic E-state index is 13.5. The van der Waals surface area contributed by atoms with Crippen LogP contribution >= 0.6 is 0 Å². The number of ketones is 2. The van der Waals surface area contributed by atoms with Crippen molar-refractivity contribution < 1.29 is 24.0 Å². The van der Waals surface area contributed by atoms with Gasteiger partial charge in [-0.15, -0.1) is 0 Å². The van der Waals surface area contributed by atoms with E-state index >= 15 is 0 Å². The average molecular weight is 606 g/mol. The van der Waals surface area contributed by atoms with E-state index in [-0.39, 0.29) is 29.6 Å². The Morgan fingerprint density at radius 3 is 2.02 bits per heavy atom. The number of nitrogens with zero attached hydrogens (tertiary/aromatic N) is 4. The van der Waals surface area contributed by atoms with Crippen LogP contribution in [0.25, 0.3) is 10.9 Å². The molecule has 0 aliphatic carbocycles. The van der Waals surface area contributed by atoms with Gasteiger partial charge in [-0.25, -0.2) is 0 Å². The summed E-state index contributed by atoms with van der Waals surface area (Å²) in [4.78, 5) is 76.4. The first-order valence-corrected chi connectivity index (χ1v) is 15.2. The van der Waals surface area contributed by atoms with Gasteiger partial charge in [0.25, 0.3) is 29.3 Å². The first-order valence-electron chi connectivity index (χ1n) is 15.2. The second kappa shape index (κ2) is 12.9. The van der Waals surface area contributed by atoms with Crippen LogP contribution in [-0.2, 0) is 16.1 Å². The number of hydrogen-bond acceptors (Lipinski definition) is 6. The Labute approximate surface area is 261 Å². The highest BCUT2D eigenvalue weighted by Gasteiger charge is 2.35. The molecule has 2 aliphatic rings. The highest BCUT2D eigenvalue weighted by molar-refractivity contribution is 6.47. The van der Waals surface area contributed by atoms with Gasteiger partial charge in [0.1, 0.15) is 0 Å². The van der Waals surface area contributed by atoms with Crippen molar-refractivity contribution in [3.63, 3.8) is 0 Å². The van der Waals surface area contributed by atoms with Crippen molar-refractivity contribution in [1.82, 2.24) is 24.6 Å². The van der Waals surface area contributed by atoms with Crippen molar-refractivity contribution >= 4 is 40.2 Å². The van der Waals surface area contributed by atoms with Gasteiger partial charge in [0, 0.05) is 75.5 Å². The number of hydrogen-bond donors (Lipinski definition) is 1. The second-order valence-electron chi connectivity index (χ2n) is 11.6. The number of aromatic nitrogens is 1. The number of nitrogens with one attached hydrogen (secondary N) is 1. The summed E-state index contributed by atoms with van der Waals surface area (Å²) < 4.78 is 0. The van der Waals surface area contributed by atoms with E-state index in [1.165, 1.54) is 16.7 Å². The molecule has 3 amide bonds. The van der Waals surface area contributed by atoms with E-state index < -0.39 is 23.4 Å². The molecule has 3 aromatic carbocycles. The maximum Gasteiger partial charge on any atom is 0.295 e. The van der Waals surface area contributed by atoms with Gasteiger partial charge < -0.3 is 19.7 Å². The van der Waals surface area contributed by atoms with Crippen molar-refractivity contribution in [1.29, 1.82) is 0 Å². The lowest BCUT2D eigenvalue weighted by atomic mass is 10.0. The summed E-state index contributed by atoms with van der Waals surface area (Å²) >= 11 is 0. The summed E-state index contributed by atoms with van der Waals surface area (Å²) in [5.74, 6) is -2.73. The van der Waals surface area contributed by atoms with Crippen LogP contribution in [0.15, 0.2) is 85.1 Å². The number of amides is 3. The number of rotatable bonds is 7. The minimum absolute atomic E-state index is 0.113. The number of piperazine rings is 2. The minimum atomic E-state index is -0.707. The average Bonchev–Trinajstić information content (AvgIpc) is 3.52. The van der Waals surface area contributed by atoms with Gasteiger partial charge >= 0.3 is 0 Å². The zero-order valence-electron chi connectivity index (χ0n) is 25.1. The van der Waals surface area contributed by atoms with E-state index in [0.717, 1.165) is 6.54 Å². The minimum Gasteiger partial charge on any atom is -0.360 e. The van der Waals surface area contributed by atoms with E-state index in [9.17, 15) is 24.0 Å². The van der Waals surface area contributed by atoms with Gasteiger partial charge in [-0.05, 0) is 30.7 Å². The standard InChI is InChI=1S/C35H35N5O5/c1-24-22-39(33(43)26-11-6-3-7-12-26)19-20-40(24)35(45)32(42)29-21-36-30-27(29)13-8-14-28(30)31(41)34(44)38-17-15-37(16-18-38)23-25-9-4-2-5-10-25/h2-14,21,24,36H,15-20,22-23H2,1H3. The van der Waals surface area contributed by atoms with Crippen LogP contribution in [0.2, 0.25) is 0 Å². The molecule has 10 nitrogen and oxygen atoms in total. The molecule has 4 aromatic rings. The zero-order chi connectivity index (χ0) is 31.5. The summed E-state index contributed by atoms with van der Waals surface area (Å²) in [7, 11) is 0. The van der Waals surface area contributed by atoms with Crippen LogP contribution in [0.1, 0.15) is 43.6 Å². The third-order valence-corrected chi connectivity index (χ3v) is 8.70. The van der Waals surface area contributed by atoms with E-state index in [0.29, 0.717) is 55.7 Å². The Morgan fingerprint density at radius 2 is 1.33 bits per heavy atom. The number of benzene rings is 3. The molecule has 1 unspecified atom stereocenters. The molecule has 3 heterocycles. The number of fused-ring (bicyclic) bond motifs is 1. The fourth-order valence-electron chi connectivity index (χ4n) is 6.19. The van der Waals surface area contributed by atoms with Gasteiger partial charge in [-0.3, -0.25) is 28.9 Å². The smallest absolute Gasteiger partial charge is 0.295 e. The number of H-pyrrole nitrogens is 1. The molecule has 2 fully saturated rings. The molecule has 1 atom stereocenters. The number of carbonyl (C=O) groups excluding carboxylic acids is 5. The van der Waals surface area contributed by atoms with E-state index in [2.05, 4.69) is 22.0 Å². The van der Waals surface area contributed by atoms with E-state index in [4.69, 9.17) is 0 Å². The van der Waals surface area contributed by atoms with Gasteiger partial charge in [0.15, 0.2) is 0 Å². The van der Waals surface area contributed by atoms with Crippen LogP contribution in [0.3, 0.4) is 0 Å². The quantitative estimate of drug-likeness (QED) is 0.256. The van der Waals surface area contributed by atoms with Gasteiger partial charge in [-0.1, -0.05) is 60.7 Å². The summed E-state index contributed by atoms with van der Waals surface area (Å²) in [6, 6.07) is 23.6. The SMILES string of the molecule is CC1CN(C(=O)c2ccccc2)CCN1C(=O)C(=O)c1c[nH]c2c(C(=O)C(=O)N3CCN(Cc4ccccc4)CC3)cccc12. The first-order chi connectivity index (χ1) is 21.8. The highest BCUT2D eigenvalue weighted by atomic mass is 16.2. The number of aromatic amines is 1. The van der Waals surface area contributed by atoms with Crippen molar-refractivity contribution in [2.75, 3.05) is 45.8 Å². The van der Waals surface area contributed by atoms with E-state index in [1.54, 1.807) is 52.3 Å². The Kier molecular flexibility index (Phi) is 8.57. The third kappa shape index (κ3) is 6.14. The molecule has 2 saturated heterocycles. The van der Waals surface area contributed by atoms with Gasteiger partial charge in [-0.2, -0.15) is 0 Å². The lowest BCUT2D eigenvalue weighted by Gasteiger charge is -2.39. The highest BCUT2D eigenvalue weighted by Crippen LogP contribution is 2.25. The molecule has 6 rings (SSSR count). The topological polar surface area (TPSA) is 114 Å². The maximum atomic E-state index is 13.5. The van der Waals surface area contributed by atoms with Gasteiger partial charge in [0.2, 0.25) is 0 Å². The normalized spacial score (nSPS) is 17.4. The van der Waals surface area contributed by atoms with Crippen molar-refractivity contribution in [2.45, 2.75) is 19.5 Å². The molecule has 1 aromatic heterocycles. The fraction of sp³-hybridized carbons (Fsp3) is 0.286. The van der Waals surface area contributed by atoms with Crippen molar-refractivity contribution in [3.8, 4) is 0 Å². The van der Waals surface area contributed by atoms with Crippen LogP contribution in [-0.4, -0.2) is 106 Å². The Balaban J connectivity index is 1.11. The fourth-order valence-corrected chi connectivity index (χ4v) is 6.19. The summed E-state index contributed by atoms with van der Waals surface area (Å²) in [6.07, 6.45) is 1.42. The van der Waals surface area contributed by atoms with E-state index in [1.807, 2.05) is 31.2 Å². The predicted molar refractivity (Wildman–Crippen MR) is 169 cm³/mol. The van der Waals surface area contributed by atoms with Gasteiger partial charge in [0.05, 0.1) is 16.6 Å². The van der Waals surface area contributed by atoms with Crippen LogP contribution in [0, 0.1) is 0 Å². The molecule has 10 heteroatoms. The van der Waals surface area contributed by atoms with Crippen LogP contribution < -0.4 is 0 Å². The van der Waals surface area contributed by atoms with Crippen molar-refractivity contribution in [2.24, 2.45) is 0 Å². The Bertz CT molecular complexity index is 1740. The lowest BCUT2D eigenvalue weighted by Crippen LogP contribution is -2.56. The molecular formula is C35H35N5O5. The predicted octanol–water partition coefficient (Wildman–Crippen LogP) is 3.25. The van der Waals surface area contributed by atoms with Crippen molar-refractivity contribution in [3.05, 3.63) is 107 Å². The molecule has 0 bridgehead atoms. The van der Waals surface area contributed by atoms with Crippen LogP contribution in [0.5, 0.6) is 0 Å². The molecule has 0 saturated carbocycles. The number of Topliss-reactive ketones (excluding diaryl/α,β-unsaturated/α-hetero) is 2. The molecule has 230 valence electrons.